The third-order valence-electron chi connectivity index (χ3n) is 6.17. The summed E-state index contributed by atoms with van der Waals surface area (Å²) in [4.78, 5) is 38.0. The number of H-pyrrole nitrogens is 1. The molecule has 6 nitrogen and oxygen atoms in total. The Morgan fingerprint density at radius 3 is 2.70 bits per heavy atom. The highest BCUT2D eigenvalue weighted by molar-refractivity contribution is 7.17. The van der Waals surface area contributed by atoms with Gasteiger partial charge in [-0.05, 0) is 37.0 Å². The predicted molar refractivity (Wildman–Crippen MR) is 132 cm³/mol. The number of hydrogen-bond donors (Lipinski definition) is 1. The molecule has 0 aliphatic carbocycles. The molecule has 4 aromatic rings. The van der Waals surface area contributed by atoms with E-state index < -0.39 is 0 Å². The molecular formula is C26H26N4O2S. The Kier molecular flexibility index (Phi) is 5.96. The number of fused-ring (bicyclic) bond motifs is 1. The minimum atomic E-state index is -0.0353. The van der Waals surface area contributed by atoms with Crippen LogP contribution in [-0.4, -0.2) is 46.3 Å². The predicted octanol–water partition coefficient (Wildman–Crippen LogP) is 5.23. The van der Waals surface area contributed by atoms with E-state index >= 15 is 0 Å². The van der Waals surface area contributed by atoms with Crippen LogP contribution in [0, 0.1) is 6.92 Å². The van der Waals surface area contributed by atoms with Gasteiger partial charge in [0.2, 0.25) is 0 Å². The molecule has 0 saturated carbocycles. The van der Waals surface area contributed by atoms with Gasteiger partial charge in [-0.2, -0.15) is 0 Å². The smallest absolute Gasteiger partial charge is 0.326 e. The average molecular weight is 459 g/mol. The first-order valence-corrected chi connectivity index (χ1v) is 12.1. The minimum Gasteiger partial charge on any atom is -0.361 e. The molecule has 7 heteroatoms. The van der Waals surface area contributed by atoms with Crippen LogP contribution in [0.5, 0.6) is 0 Å². The van der Waals surface area contributed by atoms with Gasteiger partial charge in [0, 0.05) is 43.2 Å². The Morgan fingerprint density at radius 2 is 1.85 bits per heavy atom. The first kappa shape index (κ1) is 21.4. The molecule has 0 radical (unpaired) electrons. The molecule has 5 rings (SSSR count). The summed E-state index contributed by atoms with van der Waals surface area (Å²) >= 11 is 1.34. The van der Waals surface area contributed by atoms with Crippen LogP contribution in [0.4, 0.5) is 9.93 Å². The highest BCUT2D eigenvalue weighted by Crippen LogP contribution is 2.30. The van der Waals surface area contributed by atoms with Gasteiger partial charge in [-0.3, -0.25) is 9.69 Å². The number of Topliss-reactive ketones (excluding diaryl/α,β-unsaturated/α-hetero) is 1. The summed E-state index contributed by atoms with van der Waals surface area (Å²) < 4.78 is 0. The van der Waals surface area contributed by atoms with Crippen LogP contribution in [-0.2, 0) is 12.8 Å². The van der Waals surface area contributed by atoms with Gasteiger partial charge < -0.3 is 9.88 Å². The van der Waals surface area contributed by atoms with E-state index in [1.807, 2.05) is 60.5 Å². The Bertz CT molecular complexity index is 1290. The van der Waals surface area contributed by atoms with Gasteiger partial charge in [-0.15, -0.1) is 0 Å². The lowest BCUT2D eigenvalue weighted by Gasteiger charge is -2.16. The zero-order valence-corrected chi connectivity index (χ0v) is 19.4. The third kappa shape index (κ3) is 4.41. The Labute approximate surface area is 196 Å². The fraction of sp³-hybridized carbons (Fsp3) is 0.269. The summed E-state index contributed by atoms with van der Waals surface area (Å²) in [7, 11) is 0. The van der Waals surface area contributed by atoms with Crippen LogP contribution in [0.1, 0.15) is 32.9 Å². The van der Waals surface area contributed by atoms with E-state index in [1.165, 1.54) is 22.3 Å². The van der Waals surface area contributed by atoms with Crippen LogP contribution in [0.2, 0.25) is 0 Å². The normalized spacial score (nSPS) is 13.9. The molecule has 168 valence electrons. The Morgan fingerprint density at radius 1 is 1.06 bits per heavy atom. The molecule has 1 aliphatic rings. The summed E-state index contributed by atoms with van der Waals surface area (Å²) in [5, 5.41) is 1.82. The molecule has 2 aromatic heterocycles. The highest BCUT2D eigenvalue weighted by atomic mass is 32.1. The lowest BCUT2D eigenvalue weighted by molar-refractivity contribution is 0.0986. The summed E-state index contributed by atoms with van der Waals surface area (Å²) in [5.74, 6) is 0.0861. The Hall–Kier alpha value is -3.45. The van der Waals surface area contributed by atoms with Crippen LogP contribution >= 0.6 is 11.3 Å². The van der Waals surface area contributed by atoms with Crippen molar-refractivity contribution in [3.8, 4) is 0 Å². The van der Waals surface area contributed by atoms with Crippen LogP contribution in [0.25, 0.3) is 10.9 Å². The first-order valence-electron chi connectivity index (χ1n) is 11.3. The van der Waals surface area contributed by atoms with Gasteiger partial charge in [0.15, 0.2) is 10.9 Å². The SMILES string of the molecule is Cc1nc(N2CCN(CCc3c[nH]c4ccccc34)C2=O)sc1C(=O)CCc1ccccc1. The molecule has 3 heterocycles. The van der Waals surface area contributed by atoms with Gasteiger partial charge in [-0.25, -0.2) is 9.78 Å². The van der Waals surface area contributed by atoms with Gasteiger partial charge in [-0.1, -0.05) is 59.9 Å². The third-order valence-corrected chi connectivity index (χ3v) is 7.40. The second-order valence-corrected chi connectivity index (χ2v) is 9.33. The number of thiazole rings is 1. The van der Waals surface area contributed by atoms with E-state index in [4.69, 9.17) is 0 Å². The van der Waals surface area contributed by atoms with Crippen LogP contribution in [0.3, 0.4) is 0 Å². The Balaban J connectivity index is 1.22. The van der Waals surface area contributed by atoms with E-state index in [9.17, 15) is 9.59 Å². The maximum absolute atomic E-state index is 13.1. The number of ketones is 1. The number of nitrogens with zero attached hydrogens (tertiary/aromatic N) is 3. The number of nitrogens with one attached hydrogen (secondary N) is 1. The molecule has 2 aromatic carbocycles. The number of carbonyl (C=O) groups is 2. The van der Waals surface area contributed by atoms with Crippen molar-refractivity contribution < 1.29 is 9.59 Å². The van der Waals surface area contributed by atoms with Gasteiger partial charge in [0.1, 0.15) is 0 Å². The maximum Gasteiger partial charge on any atom is 0.326 e. The molecule has 1 saturated heterocycles. The lowest BCUT2D eigenvalue weighted by Crippen LogP contribution is -2.33. The van der Waals surface area contributed by atoms with E-state index in [2.05, 4.69) is 22.1 Å². The second kappa shape index (κ2) is 9.19. The largest absolute Gasteiger partial charge is 0.361 e. The van der Waals surface area contributed by atoms with Crippen molar-refractivity contribution in [1.29, 1.82) is 0 Å². The monoisotopic (exact) mass is 458 g/mol. The number of para-hydroxylation sites is 1. The zero-order chi connectivity index (χ0) is 22.8. The summed E-state index contributed by atoms with van der Waals surface area (Å²) in [6.07, 6.45) is 3.97. The fourth-order valence-electron chi connectivity index (χ4n) is 4.33. The van der Waals surface area contributed by atoms with E-state index in [0.29, 0.717) is 48.2 Å². The standard InChI is InChI=1S/C26H26N4O2S/c1-18-24(23(31)12-11-19-7-3-2-4-8-19)33-25(28-18)30-16-15-29(26(30)32)14-13-20-17-27-22-10-6-5-9-21(20)22/h2-10,17,27H,11-16H2,1H3. The summed E-state index contributed by atoms with van der Waals surface area (Å²) in [6.45, 7) is 3.77. The molecular weight excluding hydrogens is 432 g/mol. The summed E-state index contributed by atoms with van der Waals surface area (Å²) in [5.41, 5.74) is 4.18. The fourth-order valence-corrected chi connectivity index (χ4v) is 5.39. The number of anilines is 1. The van der Waals surface area contributed by atoms with E-state index in [1.54, 1.807) is 4.90 Å². The molecule has 1 N–H and O–H groups in total. The van der Waals surface area contributed by atoms with Crippen molar-refractivity contribution >= 4 is 39.2 Å². The van der Waals surface area contributed by atoms with Crippen LogP contribution < -0.4 is 4.90 Å². The number of amides is 2. The number of carbonyl (C=O) groups excluding carboxylic acids is 2. The number of aryl methyl sites for hydroxylation is 2. The van der Waals surface area contributed by atoms with Gasteiger partial charge in [0.05, 0.1) is 10.6 Å². The van der Waals surface area contributed by atoms with Crippen molar-refractivity contribution in [3.05, 3.63) is 82.5 Å². The van der Waals surface area contributed by atoms with Gasteiger partial charge >= 0.3 is 6.03 Å². The molecule has 2 amide bonds. The van der Waals surface area contributed by atoms with E-state index in [-0.39, 0.29) is 11.8 Å². The second-order valence-electron chi connectivity index (χ2n) is 8.35. The highest BCUT2D eigenvalue weighted by Gasteiger charge is 2.32. The number of rotatable bonds is 8. The molecule has 1 aliphatic heterocycles. The van der Waals surface area contributed by atoms with Crippen molar-refractivity contribution in [2.75, 3.05) is 24.5 Å². The van der Waals surface area contributed by atoms with Crippen molar-refractivity contribution in [1.82, 2.24) is 14.9 Å². The molecule has 33 heavy (non-hydrogen) atoms. The minimum absolute atomic E-state index is 0.0353. The molecule has 0 atom stereocenters. The number of aromatic amines is 1. The zero-order valence-electron chi connectivity index (χ0n) is 18.6. The molecule has 0 unspecified atom stereocenters. The number of urea groups is 1. The quantitative estimate of drug-likeness (QED) is 0.368. The average Bonchev–Trinajstić information content (AvgIpc) is 3.53. The van der Waals surface area contributed by atoms with Crippen molar-refractivity contribution in [2.45, 2.75) is 26.2 Å². The van der Waals surface area contributed by atoms with Gasteiger partial charge in [0.25, 0.3) is 0 Å². The van der Waals surface area contributed by atoms with E-state index in [0.717, 1.165) is 17.5 Å². The lowest BCUT2D eigenvalue weighted by atomic mass is 10.1. The molecule has 0 bridgehead atoms. The number of hydrogen-bond acceptors (Lipinski definition) is 4. The number of aromatic nitrogens is 2. The number of benzene rings is 2. The molecule has 1 fully saturated rings. The first-order chi connectivity index (χ1) is 16.1. The van der Waals surface area contributed by atoms with Crippen molar-refractivity contribution in [2.24, 2.45) is 0 Å². The van der Waals surface area contributed by atoms with Crippen LogP contribution in [0.15, 0.2) is 60.8 Å². The summed E-state index contributed by atoms with van der Waals surface area (Å²) in [6, 6.07) is 18.2. The topological polar surface area (TPSA) is 69.3 Å². The van der Waals surface area contributed by atoms with Crippen molar-refractivity contribution in [3.63, 3.8) is 0 Å². The maximum atomic E-state index is 13.1. The molecule has 0 spiro atoms.